The molecule has 116 valence electrons. The maximum atomic E-state index is 12.2. The lowest BCUT2D eigenvalue weighted by molar-refractivity contribution is -0.159. The standard InChI is InChI=1S/C14H19NO5S/c1-2-21(19,20)12-7-4-3-6-11(12)15-9-5-8-14(18,10-15)13(16)17/h3-4,6-7,18H,2,5,8-10H2,1H3,(H,16,17). The van der Waals surface area contributed by atoms with E-state index in [1.165, 1.54) is 6.07 Å². The van der Waals surface area contributed by atoms with Gasteiger partial charge in [-0.05, 0) is 25.0 Å². The monoisotopic (exact) mass is 313 g/mol. The van der Waals surface area contributed by atoms with Gasteiger partial charge in [0, 0.05) is 6.54 Å². The van der Waals surface area contributed by atoms with E-state index < -0.39 is 21.4 Å². The minimum absolute atomic E-state index is 0.0267. The Labute approximate surface area is 123 Å². The molecule has 0 spiro atoms. The van der Waals surface area contributed by atoms with Gasteiger partial charge in [0.15, 0.2) is 15.4 Å². The van der Waals surface area contributed by atoms with E-state index in [0.717, 1.165) is 0 Å². The Morgan fingerprint density at radius 3 is 2.67 bits per heavy atom. The number of nitrogens with zero attached hydrogens (tertiary/aromatic N) is 1. The molecule has 7 heteroatoms. The number of aliphatic carboxylic acids is 1. The molecule has 21 heavy (non-hydrogen) atoms. The van der Waals surface area contributed by atoms with Crippen molar-refractivity contribution in [1.29, 1.82) is 0 Å². The number of β-amino-alcohol motifs (C(OH)–C–C–N with tert-alkyl or cyclic N) is 1. The second-order valence-electron chi connectivity index (χ2n) is 5.23. The summed E-state index contributed by atoms with van der Waals surface area (Å²) in [4.78, 5) is 13.0. The van der Waals surface area contributed by atoms with Crippen molar-refractivity contribution < 1.29 is 23.4 Å². The number of anilines is 1. The van der Waals surface area contributed by atoms with Gasteiger partial charge in [-0.1, -0.05) is 19.1 Å². The highest BCUT2D eigenvalue weighted by atomic mass is 32.2. The molecule has 2 rings (SSSR count). The molecular weight excluding hydrogens is 294 g/mol. The summed E-state index contributed by atoms with van der Waals surface area (Å²) < 4.78 is 24.3. The van der Waals surface area contributed by atoms with Gasteiger partial charge in [-0.25, -0.2) is 13.2 Å². The molecule has 1 aromatic carbocycles. The van der Waals surface area contributed by atoms with Gasteiger partial charge < -0.3 is 15.1 Å². The van der Waals surface area contributed by atoms with E-state index in [0.29, 0.717) is 18.7 Å². The lowest BCUT2D eigenvalue weighted by Crippen LogP contribution is -2.53. The van der Waals surface area contributed by atoms with Crippen LogP contribution >= 0.6 is 0 Å². The van der Waals surface area contributed by atoms with Crippen LogP contribution in [0.1, 0.15) is 19.8 Å². The Balaban J connectivity index is 2.41. The van der Waals surface area contributed by atoms with Crippen molar-refractivity contribution in [3.8, 4) is 0 Å². The molecule has 1 aromatic rings. The van der Waals surface area contributed by atoms with E-state index in [2.05, 4.69) is 0 Å². The molecule has 1 saturated heterocycles. The summed E-state index contributed by atoms with van der Waals surface area (Å²) in [5, 5.41) is 19.3. The number of hydrogen-bond donors (Lipinski definition) is 2. The molecule has 6 nitrogen and oxygen atoms in total. The average Bonchev–Trinajstić information content (AvgIpc) is 2.47. The first-order valence-electron chi connectivity index (χ1n) is 6.83. The van der Waals surface area contributed by atoms with Crippen molar-refractivity contribution >= 4 is 21.5 Å². The summed E-state index contributed by atoms with van der Waals surface area (Å²) in [5.74, 6) is -1.30. The second kappa shape index (κ2) is 5.65. The molecule has 0 amide bonds. The molecule has 0 radical (unpaired) electrons. The van der Waals surface area contributed by atoms with Crippen molar-refractivity contribution in [2.45, 2.75) is 30.3 Å². The first-order valence-corrected chi connectivity index (χ1v) is 8.48. The van der Waals surface area contributed by atoms with E-state index in [9.17, 15) is 18.3 Å². The zero-order valence-electron chi connectivity index (χ0n) is 11.8. The first kappa shape index (κ1) is 15.8. The van der Waals surface area contributed by atoms with Gasteiger partial charge >= 0.3 is 5.97 Å². The number of sulfone groups is 1. The normalized spacial score (nSPS) is 23.0. The van der Waals surface area contributed by atoms with Crippen LogP contribution < -0.4 is 4.90 Å². The number of piperidine rings is 1. The van der Waals surface area contributed by atoms with Crippen LogP contribution in [-0.2, 0) is 14.6 Å². The Kier molecular flexibility index (Phi) is 4.25. The average molecular weight is 313 g/mol. The molecule has 1 fully saturated rings. The highest BCUT2D eigenvalue weighted by Gasteiger charge is 2.41. The number of carboxylic acid groups (broad SMARTS) is 1. The molecule has 1 aliphatic rings. The third kappa shape index (κ3) is 3.03. The predicted octanol–water partition coefficient (Wildman–Crippen LogP) is 0.896. The van der Waals surface area contributed by atoms with Gasteiger partial charge in [0.1, 0.15) is 0 Å². The van der Waals surface area contributed by atoms with E-state index >= 15 is 0 Å². The Bertz CT molecular complexity index is 643. The largest absolute Gasteiger partial charge is 0.479 e. The molecule has 1 atom stereocenters. The highest BCUT2D eigenvalue weighted by Crippen LogP contribution is 2.31. The smallest absolute Gasteiger partial charge is 0.337 e. The fourth-order valence-corrected chi connectivity index (χ4v) is 3.67. The fourth-order valence-electron chi connectivity index (χ4n) is 2.55. The molecule has 0 aromatic heterocycles. The first-order chi connectivity index (χ1) is 9.80. The van der Waals surface area contributed by atoms with Crippen molar-refractivity contribution in [3.63, 3.8) is 0 Å². The van der Waals surface area contributed by atoms with Gasteiger partial charge in [-0.2, -0.15) is 0 Å². The molecule has 0 bridgehead atoms. The number of hydrogen-bond acceptors (Lipinski definition) is 5. The minimum atomic E-state index is -3.41. The van der Waals surface area contributed by atoms with Crippen LogP contribution in [0.4, 0.5) is 5.69 Å². The van der Waals surface area contributed by atoms with E-state index in [1.807, 2.05) is 0 Å². The molecule has 2 N–H and O–H groups in total. The molecule has 1 unspecified atom stereocenters. The van der Waals surface area contributed by atoms with Crippen LogP contribution in [0.5, 0.6) is 0 Å². The maximum absolute atomic E-state index is 12.2. The zero-order chi connectivity index (χ0) is 15.7. The number of carbonyl (C=O) groups is 1. The van der Waals surface area contributed by atoms with Gasteiger partial charge in [0.2, 0.25) is 0 Å². The summed E-state index contributed by atoms with van der Waals surface area (Å²) in [5.41, 5.74) is -1.37. The van der Waals surface area contributed by atoms with Crippen LogP contribution in [0.3, 0.4) is 0 Å². The third-order valence-corrected chi connectivity index (χ3v) is 5.57. The van der Waals surface area contributed by atoms with E-state index in [4.69, 9.17) is 5.11 Å². The highest BCUT2D eigenvalue weighted by molar-refractivity contribution is 7.91. The molecular formula is C14H19NO5S. The number of benzene rings is 1. The van der Waals surface area contributed by atoms with E-state index in [1.54, 1.807) is 30.0 Å². The Hall–Kier alpha value is -1.60. The summed E-state index contributed by atoms with van der Waals surface area (Å²) >= 11 is 0. The van der Waals surface area contributed by atoms with Gasteiger partial charge in [0.25, 0.3) is 0 Å². The van der Waals surface area contributed by atoms with Crippen molar-refractivity contribution in [1.82, 2.24) is 0 Å². The SMILES string of the molecule is CCS(=O)(=O)c1ccccc1N1CCCC(O)(C(=O)O)C1. The van der Waals surface area contributed by atoms with Crippen LogP contribution in [0.15, 0.2) is 29.2 Å². The zero-order valence-corrected chi connectivity index (χ0v) is 12.6. The van der Waals surface area contributed by atoms with Crippen LogP contribution in [-0.4, -0.2) is 49.0 Å². The van der Waals surface area contributed by atoms with Crippen molar-refractivity contribution in [2.75, 3.05) is 23.7 Å². The van der Waals surface area contributed by atoms with Gasteiger partial charge in [-0.15, -0.1) is 0 Å². The summed E-state index contributed by atoms with van der Waals surface area (Å²) in [6, 6.07) is 6.51. The number of carboxylic acids is 1. The van der Waals surface area contributed by atoms with Crippen molar-refractivity contribution in [2.24, 2.45) is 0 Å². The lowest BCUT2D eigenvalue weighted by atomic mass is 9.92. The number of rotatable bonds is 4. The summed E-state index contributed by atoms with van der Waals surface area (Å²) in [6.07, 6.45) is 0.658. The van der Waals surface area contributed by atoms with Gasteiger partial charge in [0.05, 0.1) is 22.9 Å². The molecule has 0 saturated carbocycles. The maximum Gasteiger partial charge on any atom is 0.337 e. The third-order valence-electron chi connectivity index (χ3n) is 3.79. The van der Waals surface area contributed by atoms with Crippen molar-refractivity contribution in [3.05, 3.63) is 24.3 Å². The topological polar surface area (TPSA) is 94.9 Å². The lowest BCUT2D eigenvalue weighted by Gasteiger charge is -2.38. The summed E-state index contributed by atoms with van der Waals surface area (Å²) in [6.45, 7) is 1.97. The number of para-hydroxylation sites is 1. The number of aliphatic hydroxyl groups is 1. The second-order valence-corrected chi connectivity index (χ2v) is 7.48. The van der Waals surface area contributed by atoms with Gasteiger partial charge in [-0.3, -0.25) is 0 Å². The molecule has 1 heterocycles. The minimum Gasteiger partial charge on any atom is -0.479 e. The van der Waals surface area contributed by atoms with E-state index in [-0.39, 0.29) is 23.6 Å². The Morgan fingerprint density at radius 2 is 2.05 bits per heavy atom. The fraction of sp³-hybridized carbons (Fsp3) is 0.500. The summed E-state index contributed by atoms with van der Waals surface area (Å²) in [7, 11) is -3.41. The molecule has 1 aliphatic heterocycles. The van der Waals surface area contributed by atoms with Crippen LogP contribution in [0.2, 0.25) is 0 Å². The quantitative estimate of drug-likeness (QED) is 0.857. The van der Waals surface area contributed by atoms with Crippen LogP contribution in [0.25, 0.3) is 0 Å². The van der Waals surface area contributed by atoms with Crippen LogP contribution in [0, 0.1) is 0 Å². The molecule has 0 aliphatic carbocycles. The Morgan fingerprint density at radius 1 is 1.38 bits per heavy atom. The predicted molar refractivity (Wildman–Crippen MR) is 78.2 cm³/mol.